The van der Waals surface area contributed by atoms with Crippen molar-refractivity contribution in [3.05, 3.63) is 42.1 Å². The Morgan fingerprint density at radius 3 is 2.77 bits per heavy atom. The van der Waals surface area contributed by atoms with Crippen LogP contribution in [0.5, 0.6) is 0 Å². The SMILES string of the molecule is CC1CCN(C(=O)c2ccc3cccnc3c2)CCN1C(=O)[C@@H]1C[C@H]1F. The lowest BCUT2D eigenvalue weighted by atomic mass is 10.1. The van der Waals surface area contributed by atoms with Crippen LogP contribution >= 0.6 is 0 Å². The maximum Gasteiger partial charge on any atom is 0.253 e. The van der Waals surface area contributed by atoms with Gasteiger partial charge in [0.15, 0.2) is 0 Å². The van der Waals surface area contributed by atoms with E-state index in [1.54, 1.807) is 16.0 Å². The van der Waals surface area contributed by atoms with Gasteiger partial charge >= 0.3 is 0 Å². The topological polar surface area (TPSA) is 53.5 Å². The largest absolute Gasteiger partial charge is 0.338 e. The average Bonchev–Trinajstić information content (AvgIpc) is 3.42. The molecule has 3 atom stereocenters. The van der Waals surface area contributed by atoms with E-state index in [1.165, 1.54) is 0 Å². The third kappa shape index (κ3) is 3.16. The fraction of sp³-hybridized carbons (Fsp3) is 0.450. The maximum atomic E-state index is 13.2. The van der Waals surface area contributed by atoms with Crippen LogP contribution in [0.4, 0.5) is 4.39 Å². The Hall–Kier alpha value is -2.50. The zero-order valence-electron chi connectivity index (χ0n) is 14.8. The van der Waals surface area contributed by atoms with Gasteiger partial charge in [0.25, 0.3) is 5.91 Å². The fourth-order valence-electron chi connectivity index (χ4n) is 3.60. The molecule has 1 unspecified atom stereocenters. The Balaban J connectivity index is 1.48. The molecule has 2 aromatic rings. The third-order valence-corrected chi connectivity index (χ3v) is 5.41. The Labute approximate surface area is 151 Å². The molecule has 1 aromatic heterocycles. The van der Waals surface area contributed by atoms with E-state index in [0.29, 0.717) is 38.0 Å². The summed E-state index contributed by atoms with van der Waals surface area (Å²) in [6.07, 6.45) is 1.77. The lowest BCUT2D eigenvalue weighted by molar-refractivity contribution is -0.134. The van der Waals surface area contributed by atoms with Gasteiger partial charge < -0.3 is 9.80 Å². The van der Waals surface area contributed by atoms with Crippen LogP contribution in [0.15, 0.2) is 36.5 Å². The lowest BCUT2D eigenvalue weighted by Crippen LogP contribution is -2.41. The van der Waals surface area contributed by atoms with Crippen LogP contribution in [0, 0.1) is 5.92 Å². The molecule has 4 rings (SSSR count). The second kappa shape index (κ2) is 6.67. The van der Waals surface area contributed by atoms with E-state index in [0.717, 1.165) is 10.9 Å². The van der Waals surface area contributed by atoms with Crippen LogP contribution in [0.1, 0.15) is 30.1 Å². The van der Waals surface area contributed by atoms with Crippen molar-refractivity contribution in [2.45, 2.75) is 32.0 Å². The van der Waals surface area contributed by atoms with Crippen molar-refractivity contribution in [1.29, 1.82) is 0 Å². The Morgan fingerprint density at radius 2 is 2.00 bits per heavy atom. The molecule has 5 nitrogen and oxygen atoms in total. The van der Waals surface area contributed by atoms with Crippen molar-refractivity contribution in [1.82, 2.24) is 14.8 Å². The molecule has 6 heteroatoms. The molecule has 2 fully saturated rings. The van der Waals surface area contributed by atoms with Crippen LogP contribution in [0.3, 0.4) is 0 Å². The van der Waals surface area contributed by atoms with Crippen LogP contribution < -0.4 is 0 Å². The van der Waals surface area contributed by atoms with Gasteiger partial charge in [0, 0.05) is 42.8 Å². The molecule has 136 valence electrons. The Bertz CT molecular complexity index is 856. The summed E-state index contributed by atoms with van der Waals surface area (Å²) in [5, 5.41) is 0.996. The van der Waals surface area contributed by atoms with Crippen molar-refractivity contribution in [2.75, 3.05) is 19.6 Å². The highest BCUT2D eigenvalue weighted by Gasteiger charge is 2.46. The monoisotopic (exact) mass is 355 g/mol. The zero-order chi connectivity index (χ0) is 18.3. The number of aromatic nitrogens is 1. The summed E-state index contributed by atoms with van der Waals surface area (Å²) in [4.78, 5) is 33.2. The number of benzene rings is 1. The summed E-state index contributed by atoms with van der Waals surface area (Å²) in [6.45, 7) is 3.49. The van der Waals surface area contributed by atoms with Gasteiger partial charge in [-0.25, -0.2) is 4.39 Å². The number of pyridine rings is 1. The average molecular weight is 355 g/mol. The maximum absolute atomic E-state index is 13.2. The number of carbonyl (C=O) groups excluding carboxylic acids is 2. The van der Waals surface area contributed by atoms with Crippen molar-refractivity contribution >= 4 is 22.7 Å². The fourth-order valence-corrected chi connectivity index (χ4v) is 3.60. The van der Waals surface area contributed by atoms with Gasteiger partial charge in [-0.3, -0.25) is 14.6 Å². The van der Waals surface area contributed by atoms with Crippen LogP contribution in [0.25, 0.3) is 10.9 Å². The van der Waals surface area contributed by atoms with E-state index in [2.05, 4.69) is 4.98 Å². The van der Waals surface area contributed by atoms with E-state index >= 15 is 0 Å². The summed E-state index contributed by atoms with van der Waals surface area (Å²) in [6, 6.07) is 9.39. The second-order valence-electron chi connectivity index (χ2n) is 7.23. The summed E-state index contributed by atoms with van der Waals surface area (Å²) in [5.41, 5.74) is 1.40. The molecular formula is C20H22FN3O2. The van der Waals surface area contributed by atoms with E-state index in [1.807, 2.05) is 37.3 Å². The zero-order valence-corrected chi connectivity index (χ0v) is 14.8. The van der Waals surface area contributed by atoms with Crippen molar-refractivity contribution < 1.29 is 14.0 Å². The van der Waals surface area contributed by atoms with Gasteiger partial charge in [-0.05, 0) is 38.0 Å². The number of rotatable bonds is 2. The quantitative estimate of drug-likeness (QED) is 0.832. The Morgan fingerprint density at radius 1 is 1.19 bits per heavy atom. The molecule has 1 saturated carbocycles. The minimum absolute atomic E-state index is 0.0198. The number of hydrogen-bond acceptors (Lipinski definition) is 3. The van der Waals surface area contributed by atoms with Crippen LogP contribution in [0.2, 0.25) is 0 Å². The molecule has 2 aliphatic rings. The molecule has 0 radical (unpaired) electrons. The van der Waals surface area contributed by atoms with E-state index in [9.17, 15) is 14.0 Å². The first-order chi connectivity index (χ1) is 12.5. The van der Waals surface area contributed by atoms with Crippen molar-refractivity contribution in [3.63, 3.8) is 0 Å². The molecule has 1 saturated heterocycles. The summed E-state index contributed by atoms with van der Waals surface area (Å²) < 4.78 is 13.2. The highest BCUT2D eigenvalue weighted by molar-refractivity contribution is 5.97. The van der Waals surface area contributed by atoms with E-state index in [-0.39, 0.29) is 17.9 Å². The predicted molar refractivity (Wildman–Crippen MR) is 96.4 cm³/mol. The molecule has 26 heavy (non-hydrogen) atoms. The number of carbonyl (C=O) groups is 2. The summed E-state index contributed by atoms with van der Waals surface area (Å²) in [5.74, 6) is -0.616. The minimum atomic E-state index is -0.985. The van der Waals surface area contributed by atoms with Crippen LogP contribution in [-0.4, -0.2) is 58.4 Å². The van der Waals surface area contributed by atoms with Crippen molar-refractivity contribution in [2.24, 2.45) is 5.92 Å². The number of hydrogen-bond donors (Lipinski definition) is 0. The number of halogens is 1. The molecule has 2 heterocycles. The number of amides is 2. The predicted octanol–water partition coefficient (Wildman–Crippen LogP) is 2.66. The van der Waals surface area contributed by atoms with Gasteiger partial charge in [-0.2, -0.15) is 0 Å². The molecule has 2 amide bonds. The molecule has 1 aliphatic carbocycles. The number of nitrogens with zero attached hydrogens (tertiary/aromatic N) is 3. The highest BCUT2D eigenvalue weighted by Crippen LogP contribution is 2.36. The molecule has 0 bridgehead atoms. The summed E-state index contributed by atoms with van der Waals surface area (Å²) >= 11 is 0. The lowest BCUT2D eigenvalue weighted by Gasteiger charge is -2.26. The van der Waals surface area contributed by atoms with Gasteiger partial charge in [-0.15, -0.1) is 0 Å². The molecule has 0 N–H and O–H groups in total. The van der Waals surface area contributed by atoms with Gasteiger partial charge in [0.1, 0.15) is 6.17 Å². The van der Waals surface area contributed by atoms with Gasteiger partial charge in [0.05, 0.1) is 11.4 Å². The standard InChI is InChI=1S/C20H22FN3O2/c1-13-6-8-23(9-10-24(13)20(26)16-12-17(16)21)19(25)15-5-4-14-3-2-7-22-18(14)11-15/h2-5,7,11,13,16-17H,6,8-10,12H2,1H3/t13?,16-,17-/m1/s1. The third-order valence-electron chi connectivity index (χ3n) is 5.41. The number of fused-ring (bicyclic) bond motifs is 1. The van der Waals surface area contributed by atoms with Gasteiger partial charge in [0.2, 0.25) is 5.91 Å². The van der Waals surface area contributed by atoms with E-state index < -0.39 is 12.1 Å². The molecule has 1 aromatic carbocycles. The van der Waals surface area contributed by atoms with E-state index in [4.69, 9.17) is 0 Å². The van der Waals surface area contributed by atoms with Crippen molar-refractivity contribution in [3.8, 4) is 0 Å². The summed E-state index contributed by atoms with van der Waals surface area (Å²) in [7, 11) is 0. The molecular weight excluding hydrogens is 333 g/mol. The Kier molecular flexibility index (Phi) is 4.34. The minimum Gasteiger partial charge on any atom is -0.338 e. The van der Waals surface area contributed by atoms with Crippen LogP contribution in [-0.2, 0) is 4.79 Å². The normalized spacial score (nSPS) is 25.8. The molecule has 1 aliphatic heterocycles. The first-order valence-electron chi connectivity index (χ1n) is 9.13. The smallest absolute Gasteiger partial charge is 0.253 e. The first-order valence-corrected chi connectivity index (χ1v) is 9.13. The first kappa shape index (κ1) is 16.9. The van der Waals surface area contributed by atoms with Gasteiger partial charge in [-0.1, -0.05) is 12.1 Å². The second-order valence-corrected chi connectivity index (χ2v) is 7.23. The highest BCUT2D eigenvalue weighted by atomic mass is 19.1. The molecule has 0 spiro atoms. The number of alkyl halides is 1.